The molecule has 1 aromatic rings. The lowest BCUT2D eigenvalue weighted by Gasteiger charge is -2.36. The molecule has 0 unspecified atom stereocenters. The molecule has 0 aromatic heterocycles. The molecule has 0 saturated carbocycles. The quantitative estimate of drug-likeness (QED) is 0.855. The van der Waals surface area contributed by atoms with Gasteiger partial charge >= 0.3 is 0 Å². The maximum atomic E-state index is 12.1. The summed E-state index contributed by atoms with van der Waals surface area (Å²) in [7, 11) is 0. The summed E-state index contributed by atoms with van der Waals surface area (Å²) in [5.74, 6) is 0.0124. The summed E-state index contributed by atoms with van der Waals surface area (Å²) >= 11 is 3.44. The van der Waals surface area contributed by atoms with E-state index in [0.29, 0.717) is 13.1 Å². The van der Waals surface area contributed by atoms with E-state index < -0.39 is 0 Å². The van der Waals surface area contributed by atoms with Gasteiger partial charge < -0.3 is 10.0 Å². The molecule has 4 heteroatoms. The van der Waals surface area contributed by atoms with Gasteiger partial charge in [0.25, 0.3) is 5.91 Å². The van der Waals surface area contributed by atoms with E-state index in [1.54, 1.807) is 4.90 Å². The van der Waals surface area contributed by atoms with Crippen molar-refractivity contribution in [3.8, 4) is 0 Å². The molecule has 0 bridgehead atoms. The van der Waals surface area contributed by atoms with Crippen molar-refractivity contribution in [1.82, 2.24) is 4.90 Å². The molecular formula is C12H14BrNO2. The van der Waals surface area contributed by atoms with Crippen molar-refractivity contribution >= 4 is 21.8 Å². The van der Waals surface area contributed by atoms with Crippen LogP contribution in [0, 0.1) is 13.8 Å². The minimum atomic E-state index is -0.346. The lowest BCUT2D eigenvalue weighted by Crippen LogP contribution is -2.53. The Morgan fingerprint density at radius 3 is 2.56 bits per heavy atom. The Hall–Kier alpha value is -0.870. The number of hydrogen-bond acceptors (Lipinski definition) is 2. The van der Waals surface area contributed by atoms with E-state index in [-0.39, 0.29) is 12.0 Å². The zero-order valence-corrected chi connectivity index (χ0v) is 10.9. The van der Waals surface area contributed by atoms with Crippen LogP contribution in [0.15, 0.2) is 16.6 Å². The van der Waals surface area contributed by atoms with E-state index in [0.717, 1.165) is 21.2 Å². The molecule has 1 aliphatic heterocycles. The molecule has 3 nitrogen and oxygen atoms in total. The van der Waals surface area contributed by atoms with Crippen molar-refractivity contribution in [3.63, 3.8) is 0 Å². The Bertz CT molecular complexity index is 439. The zero-order chi connectivity index (χ0) is 11.9. The second-order valence-corrected chi connectivity index (χ2v) is 5.13. The second kappa shape index (κ2) is 4.18. The largest absolute Gasteiger partial charge is 0.389 e. The number of benzene rings is 1. The number of aliphatic hydroxyl groups is 1. The number of carbonyl (C=O) groups excluding carboxylic acids is 1. The average Bonchev–Trinajstić information content (AvgIpc) is 2.18. The first-order chi connectivity index (χ1) is 7.49. The van der Waals surface area contributed by atoms with E-state index in [1.807, 2.05) is 26.0 Å². The minimum Gasteiger partial charge on any atom is -0.389 e. The molecule has 1 amide bonds. The first-order valence-electron chi connectivity index (χ1n) is 5.23. The fourth-order valence-corrected chi connectivity index (χ4v) is 2.26. The average molecular weight is 284 g/mol. The van der Waals surface area contributed by atoms with E-state index in [4.69, 9.17) is 0 Å². The van der Waals surface area contributed by atoms with E-state index in [1.165, 1.54) is 0 Å². The Morgan fingerprint density at radius 2 is 2.00 bits per heavy atom. The van der Waals surface area contributed by atoms with E-state index in [9.17, 15) is 9.90 Å². The van der Waals surface area contributed by atoms with Crippen molar-refractivity contribution in [1.29, 1.82) is 0 Å². The number of β-amino-alcohol motifs (C(OH)–C–C–N with tert-alkyl or cyclic N) is 1. The molecule has 86 valence electrons. The molecule has 0 spiro atoms. The van der Waals surface area contributed by atoms with Gasteiger partial charge in [-0.1, -0.05) is 15.9 Å². The van der Waals surface area contributed by atoms with Crippen LogP contribution in [0.3, 0.4) is 0 Å². The summed E-state index contributed by atoms with van der Waals surface area (Å²) in [5, 5.41) is 9.18. The summed E-state index contributed by atoms with van der Waals surface area (Å²) in [6.07, 6.45) is -0.346. The first kappa shape index (κ1) is 11.6. The Balaban J connectivity index is 2.27. The molecule has 0 radical (unpaired) electrons. The van der Waals surface area contributed by atoms with Crippen LogP contribution in [-0.4, -0.2) is 35.1 Å². The molecule has 1 heterocycles. The van der Waals surface area contributed by atoms with Gasteiger partial charge in [0, 0.05) is 23.1 Å². The van der Waals surface area contributed by atoms with Gasteiger partial charge in [-0.25, -0.2) is 0 Å². The number of halogens is 1. The summed E-state index contributed by atoms with van der Waals surface area (Å²) in [6, 6.07) is 3.85. The summed E-state index contributed by atoms with van der Waals surface area (Å²) in [4.78, 5) is 13.7. The number of carbonyl (C=O) groups is 1. The molecule has 2 rings (SSSR count). The number of hydrogen-bond donors (Lipinski definition) is 1. The molecule has 1 N–H and O–H groups in total. The fourth-order valence-electron chi connectivity index (χ4n) is 1.80. The standard InChI is InChI=1S/C12H14BrNO2/c1-7-4-11(13)8(2)3-10(7)12(16)14-5-9(15)6-14/h3-4,9,15H,5-6H2,1-2H3. The van der Waals surface area contributed by atoms with Crippen molar-refractivity contribution in [3.05, 3.63) is 33.3 Å². The highest BCUT2D eigenvalue weighted by Crippen LogP contribution is 2.23. The van der Waals surface area contributed by atoms with Gasteiger partial charge in [-0.15, -0.1) is 0 Å². The zero-order valence-electron chi connectivity index (χ0n) is 9.33. The van der Waals surface area contributed by atoms with Gasteiger partial charge in [-0.3, -0.25) is 4.79 Å². The van der Waals surface area contributed by atoms with Gasteiger partial charge in [0.05, 0.1) is 6.10 Å². The Labute approximate surface area is 103 Å². The van der Waals surface area contributed by atoms with Gasteiger partial charge in [0.2, 0.25) is 0 Å². The molecule has 16 heavy (non-hydrogen) atoms. The van der Waals surface area contributed by atoms with E-state index in [2.05, 4.69) is 15.9 Å². The molecule has 0 atom stereocenters. The maximum absolute atomic E-state index is 12.1. The van der Waals surface area contributed by atoms with Gasteiger partial charge in [-0.05, 0) is 37.1 Å². The van der Waals surface area contributed by atoms with Crippen LogP contribution in [0.2, 0.25) is 0 Å². The number of aliphatic hydroxyl groups excluding tert-OH is 1. The van der Waals surface area contributed by atoms with Crippen molar-refractivity contribution < 1.29 is 9.90 Å². The monoisotopic (exact) mass is 283 g/mol. The first-order valence-corrected chi connectivity index (χ1v) is 6.02. The van der Waals surface area contributed by atoms with Crippen LogP contribution in [0.1, 0.15) is 21.5 Å². The van der Waals surface area contributed by atoms with Crippen LogP contribution in [0.4, 0.5) is 0 Å². The van der Waals surface area contributed by atoms with Gasteiger partial charge in [0.1, 0.15) is 0 Å². The third-order valence-electron chi connectivity index (χ3n) is 2.89. The predicted octanol–water partition coefficient (Wildman–Crippen LogP) is 1.88. The van der Waals surface area contributed by atoms with Crippen molar-refractivity contribution in [2.45, 2.75) is 20.0 Å². The molecule has 1 fully saturated rings. The number of nitrogens with zero attached hydrogens (tertiary/aromatic N) is 1. The molecule has 1 aromatic carbocycles. The van der Waals surface area contributed by atoms with Gasteiger partial charge in [0.15, 0.2) is 0 Å². The van der Waals surface area contributed by atoms with Crippen LogP contribution in [0.25, 0.3) is 0 Å². The number of aryl methyl sites for hydroxylation is 2. The SMILES string of the molecule is Cc1cc(C(=O)N2CC(O)C2)c(C)cc1Br. The molecule has 0 aliphatic carbocycles. The minimum absolute atomic E-state index is 0.0124. The van der Waals surface area contributed by atoms with Crippen LogP contribution < -0.4 is 0 Å². The summed E-state index contributed by atoms with van der Waals surface area (Å²) < 4.78 is 1.02. The number of likely N-dealkylation sites (tertiary alicyclic amines) is 1. The highest BCUT2D eigenvalue weighted by atomic mass is 79.9. The smallest absolute Gasteiger partial charge is 0.254 e. The molecular weight excluding hydrogens is 270 g/mol. The maximum Gasteiger partial charge on any atom is 0.254 e. The number of rotatable bonds is 1. The lowest BCUT2D eigenvalue weighted by molar-refractivity contribution is 0.00583. The normalized spacial score (nSPS) is 16.1. The third-order valence-corrected chi connectivity index (χ3v) is 3.74. The lowest BCUT2D eigenvalue weighted by atomic mass is 10.0. The van der Waals surface area contributed by atoms with Gasteiger partial charge in [-0.2, -0.15) is 0 Å². The van der Waals surface area contributed by atoms with Crippen molar-refractivity contribution in [2.24, 2.45) is 0 Å². The van der Waals surface area contributed by atoms with Crippen LogP contribution in [-0.2, 0) is 0 Å². The molecule has 1 saturated heterocycles. The summed E-state index contributed by atoms with van der Waals surface area (Å²) in [5.41, 5.74) is 2.74. The van der Waals surface area contributed by atoms with Crippen LogP contribution in [0.5, 0.6) is 0 Å². The third kappa shape index (κ3) is 1.99. The Kier molecular flexibility index (Phi) is 3.04. The highest BCUT2D eigenvalue weighted by Gasteiger charge is 2.30. The topological polar surface area (TPSA) is 40.5 Å². The fraction of sp³-hybridized carbons (Fsp3) is 0.417. The molecule has 1 aliphatic rings. The second-order valence-electron chi connectivity index (χ2n) is 4.28. The van der Waals surface area contributed by atoms with Crippen molar-refractivity contribution in [2.75, 3.05) is 13.1 Å². The predicted molar refractivity (Wildman–Crippen MR) is 65.5 cm³/mol. The summed E-state index contributed by atoms with van der Waals surface area (Å²) in [6.45, 7) is 4.79. The van der Waals surface area contributed by atoms with E-state index >= 15 is 0 Å². The Morgan fingerprint density at radius 1 is 1.38 bits per heavy atom. The highest BCUT2D eigenvalue weighted by molar-refractivity contribution is 9.10. The number of amides is 1. The van der Waals surface area contributed by atoms with Crippen LogP contribution >= 0.6 is 15.9 Å².